The Morgan fingerprint density at radius 1 is 0.333 bits per heavy atom. The Bertz CT molecular complexity index is 3470. The van der Waals surface area contributed by atoms with Gasteiger partial charge in [0, 0.05) is 73.4 Å². The molecule has 0 spiro atoms. The van der Waals surface area contributed by atoms with Crippen LogP contribution in [0.5, 0.6) is 0 Å². The third kappa shape index (κ3) is 5.30. The molecule has 0 aliphatic rings. The molecular formula is C51H29N3OS2. The van der Waals surface area contributed by atoms with Crippen molar-refractivity contribution in [2.75, 3.05) is 0 Å². The molecule has 57 heavy (non-hydrogen) atoms. The fourth-order valence-corrected chi connectivity index (χ4v) is 10.4. The topological polar surface area (TPSA) is 51.8 Å². The van der Waals surface area contributed by atoms with E-state index in [1.807, 2.05) is 89.4 Å². The van der Waals surface area contributed by atoms with Crippen LogP contribution in [0.2, 0.25) is 0 Å². The first-order valence-corrected chi connectivity index (χ1v) is 20.6. The molecule has 0 saturated carbocycles. The summed E-state index contributed by atoms with van der Waals surface area (Å²) in [5, 5.41) is 7.06. The van der Waals surface area contributed by atoms with Gasteiger partial charge in [-0.2, -0.15) is 0 Å². The smallest absolute Gasteiger partial charge is 0.164 e. The van der Waals surface area contributed by atoms with Crippen molar-refractivity contribution in [2.45, 2.75) is 0 Å². The van der Waals surface area contributed by atoms with Crippen LogP contribution < -0.4 is 0 Å². The van der Waals surface area contributed by atoms with Gasteiger partial charge in [-0.25, -0.2) is 15.0 Å². The first-order valence-electron chi connectivity index (χ1n) is 18.9. The predicted molar refractivity (Wildman–Crippen MR) is 240 cm³/mol. The van der Waals surface area contributed by atoms with Crippen LogP contribution in [-0.2, 0) is 0 Å². The van der Waals surface area contributed by atoms with Crippen molar-refractivity contribution in [1.29, 1.82) is 0 Å². The number of hydrogen-bond donors (Lipinski definition) is 0. The van der Waals surface area contributed by atoms with E-state index in [2.05, 4.69) is 109 Å². The number of thiophene rings is 2. The van der Waals surface area contributed by atoms with Crippen LogP contribution in [0.25, 0.3) is 119 Å². The van der Waals surface area contributed by atoms with E-state index < -0.39 is 0 Å². The summed E-state index contributed by atoms with van der Waals surface area (Å²) in [6.45, 7) is 0. The summed E-state index contributed by atoms with van der Waals surface area (Å²) in [7, 11) is 0. The molecule has 0 aliphatic heterocycles. The van der Waals surface area contributed by atoms with Crippen molar-refractivity contribution >= 4 is 85.0 Å². The Kier molecular flexibility index (Phi) is 7.24. The minimum absolute atomic E-state index is 0.597. The van der Waals surface area contributed by atoms with Crippen molar-refractivity contribution < 1.29 is 4.42 Å². The summed E-state index contributed by atoms with van der Waals surface area (Å²) in [6.07, 6.45) is 0. The first-order chi connectivity index (χ1) is 28.2. The maximum atomic E-state index is 6.95. The number of hydrogen-bond acceptors (Lipinski definition) is 6. The second kappa shape index (κ2) is 12.8. The normalized spacial score (nSPS) is 11.9. The average molecular weight is 764 g/mol. The Morgan fingerprint density at radius 3 is 1.51 bits per heavy atom. The van der Waals surface area contributed by atoms with E-state index in [1.165, 1.54) is 40.3 Å². The molecule has 0 radical (unpaired) electrons. The molecule has 0 aliphatic carbocycles. The van der Waals surface area contributed by atoms with Crippen molar-refractivity contribution in [3.63, 3.8) is 0 Å². The monoisotopic (exact) mass is 763 g/mol. The molecule has 4 heterocycles. The third-order valence-electron chi connectivity index (χ3n) is 10.9. The first kappa shape index (κ1) is 32.3. The van der Waals surface area contributed by atoms with Gasteiger partial charge in [-0.05, 0) is 71.3 Å². The predicted octanol–water partition coefficient (Wildman–Crippen LogP) is 14.8. The molecule has 0 unspecified atom stereocenters. The molecule has 8 aromatic carbocycles. The van der Waals surface area contributed by atoms with Gasteiger partial charge >= 0.3 is 0 Å². The Labute approximate surface area is 335 Å². The molecule has 4 aromatic heterocycles. The lowest BCUT2D eigenvalue weighted by atomic mass is 9.93. The molecule has 12 aromatic rings. The fourth-order valence-electron chi connectivity index (χ4n) is 8.22. The molecule has 0 N–H and O–H groups in total. The van der Waals surface area contributed by atoms with Gasteiger partial charge in [0.2, 0.25) is 0 Å². The summed E-state index contributed by atoms with van der Waals surface area (Å²) in [5.41, 5.74) is 8.80. The van der Waals surface area contributed by atoms with Gasteiger partial charge in [-0.15, -0.1) is 22.7 Å². The Balaban J connectivity index is 1.14. The molecule has 4 nitrogen and oxygen atoms in total. The van der Waals surface area contributed by atoms with Gasteiger partial charge in [-0.3, -0.25) is 0 Å². The lowest BCUT2D eigenvalue weighted by Crippen LogP contribution is -2.00. The number of fused-ring (bicyclic) bond motifs is 9. The van der Waals surface area contributed by atoms with Crippen LogP contribution in [0.3, 0.4) is 0 Å². The minimum atomic E-state index is 0.597. The third-order valence-corrected chi connectivity index (χ3v) is 13.2. The van der Waals surface area contributed by atoms with E-state index in [9.17, 15) is 0 Å². The van der Waals surface area contributed by atoms with Crippen LogP contribution in [0.15, 0.2) is 180 Å². The van der Waals surface area contributed by atoms with Crippen molar-refractivity contribution in [2.24, 2.45) is 0 Å². The van der Waals surface area contributed by atoms with Gasteiger partial charge in [0.05, 0.1) is 0 Å². The SMILES string of the molecule is c1ccc(-c2nc(-c3ccccc3)nc(-c3cccc4oc5c(-c6ccc7sc8ccccc8c7c6)cc(-c6ccc7sc8ccccc8c7c6)cc5c34)n2)cc1. The highest BCUT2D eigenvalue weighted by Gasteiger charge is 2.22. The van der Waals surface area contributed by atoms with Gasteiger partial charge in [0.15, 0.2) is 17.5 Å². The summed E-state index contributed by atoms with van der Waals surface area (Å²) in [5.74, 6) is 1.84. The molecule has 0 saturated heterocycles. The maximum Gasteiger partial charge on any atom is 0.164 e. The highest BCUT2D eigenvalue weighted by Crippen LogP contribution is 2.45. The molecule has 0 amide bonds. The standard InChI is InChI=1S/C51H29N3OS2/c1-3-12-30(13-4-1)49-52-50(31-14-5-2-6-15-31)54-51(53-49)37-18-11-19-42-47(37)41-29-34(32-22-24-45-39(26-32)35-16-7-9-20-43(35)56-45)28-38(48(41)55-42)33-23-25-46-40(27-33)36-17-8-10-21-44(36)57-46/h1-29H. The molecular weight excluding hydrogens is 735 g/mol. The summed E-state index contributed by atoms with van der Waals surface area (Å²) >= 11 is 3.67. The van der Waals surface area contributed by atoms with Crippen LogP contribution in [-0.4, -0.2) is 15.0 Å². The van der Waals surface area contributed by atoms with Crippen LogP contribution in [0.1, 0.15) is 0 Å². The highest BCUT2D eigenvalue weighted by molar-refractivity contribution is 7.26. The van der Waals surface area contributed by atoms with E-state index >= 15 is 0 Å². The summed E-state index contributed by atoms with van der Waals surface area (Å²) < 4.78 is 12.1. The van der Waals surface area contributed by atoms with Gasteiger partial charge < -0.3 is 4.42 Å². The van der Waals surface area contributed by atoms with Crippen LogP contribution in [0, 0.1) is 0 Å². The van der Waals surface area contributed by atoms with Gasteiger partial charge in [0.25, 0.3) is 0 Å². The van der Waals surface area contributed by atoms with Gasteiger partial charge in [0.1, 0.15) is 11.2 Å². The average Bonchev–Trinajstić information content (AvgIpc) is 3.97. The largest absolute Gasteiger partial charge is 0.455 e. The lowest BCUT2D eigenvalue weighted by molar-refractivity contribution is 0.670. The second-order valence-electron chi connectivity index (χ2n) is 14.3. The molecule has 12 rings (SSSR count). The van der Waals surface area contributed by atoms with Crippen LogP contribution >= 0.6 is 22.7 Å². The second-order valence-corrected chi connectivity index (χ2v) is 16.5. The van der Waals surface area contributed by atoms with E-state index in [0.29, 0.717) is 17.5 Å². The highest BCUT2D eigenvalue weighted by atomic mass is 32.1. The summed E-state index contributed by atoms with van der Waals surface area (Å²) in [6, 6.07) is 62.1. The molecule has 266 valence electrons. The minimum Gasteiger partial charge on any atom is -0.455 e. The molecule has 0 fully saturated rings. The number of furan rings is 1. The van der Waals surface area contributed by atoms with Crippen LogP contribution in [0.4, 0.5) is 0 Å². The Hall–Kier alpha value is -6.99. The molecule has 0 bridgehead atoms. The van der Waals surface area contributed by atoms with Crippen molar-refractivity contribution in [3.05, 3.63) is 176 Å². The number of rotatable bonds is 5. The Morgan fingerprint density at radius 2 is 0.860 bits per heavy atom. The van der Waals surface area contributed by atoms with E-state index in [0.717, 1.165) is 60.9 Å². The van der Waals surface area contributed by atoms with E-state index in [1.54, 1.807) is 0 Å². The number of aromatic nitrogens is 3. The molecule has 6 heteroatoms. The van der Waals surface area contributed by atoms with Gasteiger partial charge in [-0.1, -0.05) is 121 Å². The van der Waals surface area contributed by atoms with Crippen molar-refractivity contribution in [1.82, 2.24) is 15.0 Å². The zero-order chi connectivity index (χ0) is 37.5. The van der Waals surface area contributed by atoms with E-state index in [4.69, 9.17) is 19.4 Å². The fraction of sp³-hybridized carbons (Fsp3) is 0. The number of benzene rings is 8. The molecule has 0 atom stereocenters. The maximum absolute atomic E-state index is 6.95. The van der Waals surface area contributed by atoms with E-state index in [-0.39, 0.29) is 0 Å². The zero-order valence-electron chi connectivity index (χ0n) is 30.3. The number of nitrogens with zero attached hydrogens (tertiary/aromatic N) is 3. The summed E-state index contributed by atoms with van der Waals surface area (Å²) in [4.78, 5) is 15.3. The zero-order valence-corrected chi connectivity index (χ0v) is 31.9. The lowest BCUT2D eigenvalue weighted by Gasteiger charge is -2.10. The van der Waals surface area contributed by atoms with Crippen molar-refractivity contribution in [3.8, 4) is 56.4 Å². The quantitative estimate of drug-likeness (QED) is 0.175.